The maximum absolute atomic E-state index is 11.8. The fourth-order valence-electron chi connectivity index (χ4n) is 1.77. The largest absolute Gasteiger partial charge is 0.456 e. The summed E-state index contributed by atoms with van der Waals surface area (Å²) in [6.07, 6.45) is 0. The maximum atomic E-state index is 11.8. The van der Waals surface area contributed by atoms with Crippen LogP contribution in [0, 0.1) is 6.92 Å². The predicted octanol–water partition coefficient (Wildman–Crippen LogP) is 1.08. The van der Waals surface area contributed by atoms with Gasteiger partial charge < -0.3 is 9.64 Å². The predicted molar refractivity (Wildman–Crippen MR) is 68.4 cm³/mol. The van der Waals surface area contributed by atoms with Crippen LogP contribution in [-0.4, -0.2) is 32.2 Å². The summed E-state index contributed by atoms with van der Waals surface area (Å²) in [6.45, 7) is 9.71. The third-order valence-electron chi connectivity index (χ3n) is 3.05. The van der Waals surface area contributed by atoms with Gasteiger partial charge in [0, 0.05) is 0 Å². The molecule has 0 bridgehead atoms. The summed E-state index contributed by atoms with van der Waals surface area (Å²) in [7, 11) is 0. The number of carbonyl (C=O) groups excluding carboxylic acids is 1. The van der Waals surface area contributed by atoms with Gasteiger partial charge in [0.15, 0.2) is 0 Å². The molecule has 3 nitrogen and oxygen atoms in total. The lowest BCUT2D eigenvalue weighted by Gasteiger charge is -2.15. The number of quaternary nitrogens is 1. The first kappa shape index (κ1) is 13.7. The summed E-state index contributed by atoms with van der Waals surface area (Å²) in [5.41, 5.74) is 1.63. The van der Waals surface area contributed by atoms with Crippen LogP contribution in [0.15, 0.2) is 24.3 Å². The van der Waals surface area contributed by atoms with Crippen LogP contribution < -0.4 is 4.90 Å². The smallest absolute Gasteiger partial charge is 0.338 e. The summed E-state index contributed by atoms with van der Waals surface area (Å²) in [6, 6.07) is 7.51. The maximum Gasteiger partial charge on any atom is 0.338 e. The number of rotatable bonds is 6. The van der Waals surface area contributed by atoms with Gasteiger partial charge in [-0.1, -0.05) is 18.2 Å². The Hall–Kier alpha value is -1.35. The minimum atomic E-state index is -0.213. The first-order valence-electron chi connectivity index (χ1n) is 6.25. The van der Waals surface area contributed by atoms with Gasteiger partial charge in [-0.15, -0.1) is 0 Å². The molecule has 0 heterocycles. The van der Waals surface area contributed by atoms with Gasteiger partial charge in [0.2, 0.25) is 0 Å². The second-order valence-electron chi connectivity index (χ2n) is 4.16. The molecule has 0 unspecified atom stereocenters. The summed E-state index contributed by atoms with van der Waals surface area (Å²) >= 11 is 0. The van der Waals surface area contributed by atoms with Gasteiger partial charge >= 0.3 is 5.97 Å². The normalized spacial score (nSPS) is 10.6. The molecule has 1 aromatic carbocycles. The Morgan fingerprint density at radius 3 is 2.47 bits per heavy atom. The standard InChI is InChI=1S/C14H21NO2/c1-4-15(5-2)10-11-17-14(16)13-9-7-6-8-12(13)3/h6-9H,4-5,10-11H2,1-3H3/p+1. The molecule has 1 N–H and O–H groups in total. The van der Waals surface area contributed by atoms with E-state index in [2.05, 4.69) is 13.8 Å². The van der Waals surface area contributed by atoms with Crippen LogP contribution in [0.4, 0.5) is 0 Å². The van der Waals surface area contributed by atoms with Crippen molar-refractivity contribution >= 4 is 5.97 Å². The van der Waals surface area contributed by atoms with Gasteiger partial charge in [-0.3, -0.25) is 0 Å². The van der Waals surface area contributed by atoms with Gasteiger partial charge in [0.1, 0.15) is 13.2 Å². The number of hydrogen-bond donors (Lipinski definition) is 1. The molecule has 0 fully saturated rings. The lowest BCUT2D eigenvalue weighted by atomic mass is 10.1. The summed E-state index contributed by atoms with van der Waals surface area (Å²) in [5, 5.41) is 0. The van der Waals surface area contributed by atoms with E-state index in [1.54, 1.807) is 0 Å². The van der Waals surface area contributed by atoms with Crippen LogP contribution in [0.2, 0.25) is 0 Å². The SMILES string of the molecule is CC[NH+](CC)CCOC(=O)c1ccccc1C. The van der Waals surface area contributed by atoms with Crippen LogP contribution in [0.5, 0.6) is 0 Å². The van der Waals surface area contributed by atoms with Gasteiger partial charge in [-0.05, 0) is 32.4 Å². The lowest BCUT2D eigenvalue weighted by Crippen LogP contribution is -3.11. The molecular weight excluding hydrogens is 214 g/mol. The van der Waals surface area contributed by atoms with E-state index < -0.39 is 0 Å². The zero-order chi connectivity index (χ0) is 12.7. The van der Waals surface area contributed by atoms with E-state index in [1.807, 2.05) is 31.2 Å². The molecule has 0 aliphatic carbocycles. The van der Waals surface area contributed by atoms with E-state index in [4.69, 9.17) is 4.74 Å². The highest BCUT2D eigenvalue weighted by molar-refractivity contribution is 5.90. The monoisotopic (exact) mass is 236 g/mol. The average Bonchev–Trinajstić information content (AvgIpc) is 2.35. The summed E-state index contributed by atoms with van der Waals surface area (Å²) < 4.78 is 5.28. The molecule has 0 aromatic heterocycles. The summed E-state index contributed by atoms with van der Waals surface area (Å²) in [5.74, 6) is -0.213. The third-order valence-corrected chi connectivity index (χ3v) is 3.05. The van der Waals surface area contributed by atoms with Gasteiger partial charge in [-0.2, -0.15) is 0 Å². The van der Waals surface area contributed by atoms with Gasteiger partial charge in [-0.25, -0.2) is 4.79 Å². The molecule has 0 amide bonds. The molecule has 0 atom stereocenters. The average molecular weight is 236 g/mol. The number of hydrogen-bond acceptors (Lipinski definition) is 2. The van der Waals surface area contributed by atoms with Crippen LogP contribution >= 0.6 is 0 Å². The van der Waals surface area contributed by atoms with E-state index >= 15 is 0 Å². The van der Waals surface area contributed by atoms with Gasteiger partial charge in [0.25, 0.3) is 0 Å². The molecule has 3 heteroatoms. The number of benzene rings is 1. The number of esters is 1. The molecule has 1 aromatic rings. The van der Waals surface area contributed by atoms with E-state index in [-0.39, 0.29) is 5.97 Å². The molecule has 0 radical (unpaired) electrons. The third kappa shape index (κ3) is 4.19. The minimum Gasteiger partial charge on any atom is -0.456 e. The first-order chi connectivity index (χ1) is 8.19. The first-order valence-corrected chi connectivity index (χ1v) is 6.25. The quantitative estimate of drug-likeness (QED) is 0.749. The molecule has 17 heavy (non-hydrogen) atoms. The molecule has 0 aliphatic heterocycles. The number of carbonyl (C=O) groups is 1. The Morgan fingerprint density at radius 2 is 1.88 bits per heavy atom. The van der Waals surface area contributed by atoms with Crippen LogP contribution in [0.3, 0.4) is 0 Å². The van der Waals surface area contributed by atoms with Crippen molar-refractivity contribution in [2.24, 2.45) is 0 Å². The van der Waals surface area contributed by atoms with E-state index in [0.29, 0.717) is 12.2 Å². The lowest BCUT2D eigenvalue weighted by molar-refractivity contribution is -0.896. The highest BCUT2D eigenvalue weighted by Crippen LogP contribution is 2.07. The van der Waals surface area contributed by atoms with Crippen molar-refractivity contribution in [3.05, 3.63) is 35.4 Å². The minimum absolute atomic E-state index is 0.213. The number of nitrogens with one attached hydrogen (secondary N) is 1. The fraction of sp³-hybridized carbons (Fsp3) is 0.500. The van der Waals surface area contributed by atoms with Crippen molar-refractivity contribution in [1.82, 2.24) is 0 Å². The van der Waals surface area contributed by atoms with Crippen LogP contribution in [0.25, 0.3) is 0 Å². The van der Waals surface area contributed by atoms with Crippen molar-refractivity contribution < 1.29 is 14.4 Å². The van der Waals surface area contributed by atoms with E-state index in [1.165, 1.54) is 4.90 Å². The molecule has 0 saturated heterocycles. The van der Waals surface area contributed by atoms with Crippen molar-refractivity contribution in [1.29, 1.82) is 0 Å². The topological polar surface area (TPSA) is 30.7 Å². The highest BCUT2D eigenvalue weighted by atomic mass is 16.5. The zero-order valence-electron chi connectivity index (χ0n) is 11.0. The Kier molecular flexibility index (Phi) is 5.70. The second-order valence-corrected chi connectivity index (χ2v) is 4.16. The second kappa shape index (κ2) is 7.07. The van der Waals surface area contributed by atoms with Gasteiger partial charge in [0.05, 0.1) is 18.7 Å². The molecule has 0 spiro atoms. The Bertz CT molecular complexity index is 359. The zero-order valence-corrected chi connectivity index (χ0v) is 11.0. The van der Waals surface area contributed by atoms with E-state index in [0.717, 1.165) is 25.2 Å². The molecule has 0 aliphatic rings. The van der Waals surface area contributed by atoms with Crippen molar-refractivity contribution in [3.8, 4) is 0 Å². The molecular formula is C14H22NO2+. The number of likely N-dealkylation sites (N-methyl/N-ethyl adjacent to an activating group) is 1. The van der Waals surface area contributed by atoms with Crippen LogP contribution in [0.1, 0.15) is 29.8 Å². The Labute approximate surface area is 103 Å². The highest BCUT2D eigenvalue weighted by Gasteiger charge is 2.10. The van der Waals surface area contributed by atoms with Crippen molar-refractivity contribution in [2.45, 2.75) is 20.8 Å². The Morgan fingerprint density at radius 1 is 1.24 bits per heavy atom. The van der Waals surface area contributed by atoms with Crippen molar-refractivity contribution in [2.75, 3.05) is 26.2 Å². The molecule has 1 rings (SSSR count). The van der Waals surface area contributed by atoms with E-state index in [9.17, 15) is 4.79 Å². The molecule has 94 valence electrons. The fourth-order valence-corrected chi connectivity index (χ4v) is 1.77. The Balaban J connectivity index is 2.43. The number of ether oxygens (including phenoxy) is 1. The van der Waals surface area contributed by atoms with Crippen molar-refractivity contribution in [3.63, 3.8) is 0 Å². The summed E-state index contributed by atoms with van der Waals surface area (Å²) in [4.78, 5) is 13.2. The van der Waals surface area contributed by atoms with Crippen LogP contribution in [-0.2, 0) is 4.74 Å². The number of aryl methyl sites for hydroxylation is 1. The molecule has 0 saturated carbocycles.